The topological polar surface area (TPSA) is 76.4 Å². The third kappa shape index (κ3) is 7.17. The summed E-state index contributed by atoms with van der Waals surface area (Å²) in [6.45, 7) is 3.65. The number of aliphatic imine (C=N–C) groups is 1. The summed E-state index contributed by atoms with van der Waals surface area (Å²) in [7, 11) is 1.62. The second-order valence-corrected chi connectivity index (χ2v) is 5.56. The summed E-state index contributed by atoms with van der Waals surface area (Å²) in [6.07, 6.45) is -1.98. The maximum absolute atomic E-state index is 12.9. The van der Waals surface area contributed by atoms with Crippen molar-refractivity contribution in [2.24, 2.45) is 4.99 Å². The van der Waals surface area contributed by atoms with Crippen molar-refractivity contribution in [2.75, 3.05) is 26.7 Å². The lowest BCUT2D eigenvalue weighted by Crippen LogP contribution is -2.40. The molecule has 0 bridgehead atoms. The second-order valence-electron chi connectivity index (χ2n) is 5.56. The summed E-state index contributed by atoms with van der Waals surface area (Å²) in [5.41, 5.74) is -0.784. The SMILES string of the molecule is CCc1nncn1CCNC(=NC)NCCOc1ccccc1C(F)(F)F.I. The molecule has 2 aromatic rings. The second kappa shape index (κ2) is 11.7. The van der Waals surface area contributed by atoms with Gasteiger partial charge in [0.25, 0.3) is 0 Å². The minimum Gasteiger partial charge on any atom is -0.491 e. The molecule has 0 saturated carbocycles. The highest BCUT2D eigenvalue weighted by atomic mass is 127. The van der Waals surface area contributed by atoms with Crippen LogP contribution >= 0.6 is 24.0 Å². The number of ether oxygens (including phenoxy) is 1. The van der Waals surface area contributed by atoms with Crippen LogP contribution in [-0.2, 0) is 19.1 Å². The Labute approximate surface area is 178 Å². The van der Waals surface area contributed by atoms with Crippen molar-refractivity contribution >= 4 is 29.9 Å². The third-order valence-corrected chi connectivity index (χ3v) is 3.73. The van der Waals surface area contributed by atoms with Crippen LogP contribution in [0.15, 0.2) is 35.6 Å². The zero-order valence-corrected chi connectivity index (χ0v) is 18.0. The fraction of sp³-hybridized carbons (Fsp3) is 0.471. The Morgan fingerprint density at radius 2 is 1.93 bits per heavy atom. The highest BCUT2D eigenvalue weighted by Gasteiger charge is 2.33. The van der Waals surface area contributed by atoms with E-state index in [0.29, 0.717) is 25.6 Å². The van der Waals surface area contributed by atoms with Crippen molar-refractivity contribution in [3.05, 3.63) is 42.0 Å². The Bertz CT molecular complexity index is 750. The molecule has 0 amide bonds. The summed E-state index contributed by atoms with van der Waals surface area (Å²) in [4.78, 5) is 4.07. The molecule has 0 atom stereocenters. The van der Waals surface area contributed by atoms with Crippen molar-refractivity contribution in [3.63, 3.8) is 0 Å². The van der Waals surface area contributed by atoms with Crippen LogP contribution in [0.5, 0.6) is 5.75 Å². The molecule has 28 heavy (non-hydrogen) atoms. The summed E-state index contributed by atoms with van der Waals surface area (Å²) in [5, 5.41) is 14.0. The molecule has 7 nitrogen and oxygen atoms in total. The molecule has 11 heteroatoms. The van der Waals surface area contributed by atoms with Crippen molar-refractivity contribution in [1.29, 1.82) is 0 Å². The lowest BCUT2D eigenvalue weighted by molar-refractivity contribution is -0.138. The first-order valence-electron chi connectivity index (χ1n) is 8.56. The lowest BCUT2D eigenvalue weighted by atomic mass is 10.2. The first-order valence-corrected chi connectivity index (χ1v) is 8.56. The molecule has 1 heterocycles. The van der Waals surface area contributed by atoms with Gasteiger partial charge in [-0.1, -0.05) is 19.1 Å². The number of rotatable bonds is 8. The first-order chi connectivity index (χ1) is 13.0. The predicted molar refractivity (Wildman–Crippen MR) is 111 cm³/mol. The number of guanidine groups is 1. The summed E-state index contributed by atoms with van der Waals surface area (Å²) in [6, 6.07) is 5.15. The van der Waals surface area contributed by atoms with Crippen LogP contribution in [-0.4, -0.2) is 47.5 Å². The predicted octanol–water partition coefficient (Wildman–Crippen LogP) is 2.72. The lowest BCUT2D eigenvalue weighted by Gasteiger charge is -2.15. The standard InChI is InChI=1S/C17H23F3N6O.HI/c1-3-15-25-24-12-26(15)10-8-22-16(21-2)23-9-11-27-14-7-5-4-6-13(14)17(18,19)20;/h4-7,12H,3,8-11H2,1-2H3,(H2,21,22,23);1H. The van der Waals surface area contributed by atoms with E-state index in [1.807, 2.05) is 11.5 Å². The van der Waals surface area contributed by atoms with Crippen LogP contribution in [0.1, 0.15) is 18.3 Å². The summed E-state index contributed by atoms with van der Waals surface area (Å²) in [5.74, 6) is 1.25. The number of nitrogens with one attached hydrogen (secondary N) is 2. The third-order valence-electron chi connectivity index (χ3n) is 3.73. The van der Waals surface area contributed by atoms with E-state index < -0.39 is 11.7 Å². The molecule has 0 aliphatic carbocycles. The van der Waals surface area contributed by atoms with Gasteiger partial charge in [-0.25, -0.2) is 0 Å². The van der Waals surface area contributed by atoms with Crippen molar-refractivity contribution in [1.82, 2.24) is 25.4 Å². The Kier molecular flexibility index (Phi) is 10.0. The van der Waals surface area contributed by atoms with Crippen LogP contribution < -0.4 is 15.4 Å². The van der Waals surface area contributed by atoms with E-state index in [9.17, 15) is 13.2 Å². The number of aromatic nitrogens is 3. The van der Waals surface area contributed by atoms with E-state index in [-0.39, 0.29) is 36.3 Å². The quantitative estimate of drug-likeness (QED) is 0.246. The van der Waals surface area contributed by atoms with Gasteiger partial charge in [-0.2, -0.15) is 13.2 Å². The number of aryl methyl sites for hydroxylation is 1. The maximum atomic E-state index is 12.9. The Balaban J connectivity index is 0.00000392. The molecule has 0 aliphatic rings. The molecule has 0 radical (unpaired) electrons. The number of para-hydroxylation sites is 1. The number of hydrogen-bond donors (Lipinski definition) is 2. The molecule has 1 aromatic heterocycles. The fourth-order valence-electron chi connectivity index (χ4n) is 2.41. The largest absolute Gasteiger partial charge is 0.491 e. The molecule has 156 valence electrons. The Hall–Kier alpha value is -2.05. The monoisotopic (exact) mass is 512 g/mol. The minimum atomic E-state index is -4.44. The van der Waals surface area contributed by atoms with Crippen molar-refractivity contribution in [2.45, 2.75) is 26.1 Å². The van der Waals surface area contributed by atoms with E-state index in [4.69, 9.17) is 4.74 Å². The molecule has 1 aromatic carbocycles. The molecular weight excluding hydrogens is 488 g/mol. The van der Waals surface area contributed by atoms with E-state index in [0.717, 1.165) is 18.3 Å². The van der Waals surface area contributed by atoms with Gasteiger partial charge < -0.3 is 19.9 Å². The zero-order chi connectivity index (χ0) is 19.7. The number of benzene rings is 1. The number of halogens is 4. The van der Waals surface area contributed by atoms with Gasteiger partial charge in [0, 0.05) is 26.6 Å². The Morgan fingerprint density at radius 3 is 2.61 bits per heavy atom. The highest BCUT2D eigenvalue weighted by Crippen LogP contribution is 2.35. The maximum Gasteiger partial charge on any atom is 0.419 e. The minimum absolute atomic E-state index is 0. The van der Waals surface area contributed by atoms with Crippen LogP contribution in [0.25, 0.3) is 0 Å². The molecule has 0 fully saturated rings. The van der Waals surface area contributed by atoms with Gasteiger partial charge in [0.2, 0.25) is 0 Å². The molecular formula is C17H24F3IN6O. The molecule has 0 aliphatic heterocycles. The van der Waals surface area contributed by atoms with E-state index in [1.165, 1.54) is 18.2 Å². The molecule has 0 saturated heterocycles. The van der Waals surface area contributed by atoms with Gasteiger partial charge in [0.05, 0.1) is 12.1 Å². The van der Waals surface area contributed by atoms with Gasteiger partial charge in [-0.3, -0.25) is 4.99 Å². The average Bonchev–Trinajstić information content (AvgIpc) is 3.10. The summed E-state index contributed by atoms with van der Waals surface area (Å²) >= 11 is 0. The van der Waals surface area contributed by atoms with Crippen molar-refractivity contribution in [3.8, 4) is 5.75 Å². The average molecular weight is 512 g/mol. The zero-order valence-electron chi connectivity index (χ0n) is 15.7. The number of hydrogen-bond acceptors (Lipinski definition) is 4. The van der Waals surface area contributed by atoms with Crippen LogP contribution in [0.2, 0.25) is 0 Å². The fourth-order valence-corrected chi connectivity index (χ4v) is 2.41. The van der Waals surface area contributed by atoms with Gasteiger partial charge >= 0.3 is 6.18 Å². The number of alkyl halides is 3. The van der Waals surface area contributed by atoms with Crippen LogP contribution in [0, 0.1) is 0 Å². The molecule has 0 spiro atoms. The van der Waals surface area contributed by atoms with Gasteiger partial charge in [-0.05, 0) is 12.1 Å². The van der Waals surface area contributed by atoms with E-state index >= 15 is 0 Å². The van der Waals surface area contributed by atoms with E-state index in [2.05, 4.69) is 25.8 Å². The van der Waals surface area contributed by atoms with Gasteiger partial charge in [0.15, 0.2) is 5.96 Å². The summed E-state index contributed by atoms with van der Waals surface area (Å²) < 4.78 is 46.0. The highest BCUT2D eigenvalue weighted by molar-refractivity contribution is 14.0. The van der Waals surface area contributed by atoms with E-state index in [1.54, 1.807) is 13.4 Å². The van der Waals surface area contributed by atoms with Crippen molar-refractivity contribution < 1.29 is 17.9 Å². The smallest absolute Gasteiger partial charge is 0.419 e. The van der Waals surface area contributed by atoms with Gasteiger partial charge in [0.1, 0.15) is 24.5 Å². The number of nitrogens with zero attached hydrogens (tertiary/aromatic N) is 4. The van der Waals surface area contributed by atoms with Crippen LogP contribution in [0.3, 0.4) is 0 Å². The normalized spacial score (nSPS) is 11.7. The van der Waals surface area contributed by atoms with Gasteiger partial charge in [-0.15, -0.1) is 34.2 Å². The molecule has 0 unspecified atom stereocenters. The van der Waals surface area contributed by atoms with Crippen LogP contribution in [0.4, 0.5) is 13.2 Å². The molecule has 2 N–H and O–H groups in total. The molecule has 2 rings (SSSR count). The Morgan fingerprint density at radius 1 is 1.21 bits per heavy atom. The first kappa shape index (κ1) is 24.0.